The summed E-state index contributed by atoms with van der Waals surface area (Å²) >= 11 is 0. The van der Waals surface area contributed by atoms with Crippen molar-refractivity contribution >= 4 is 10.8 Å². The van der Waals surface area contributed by atoms with E-state index in [0.717, 1.165) is 25.3 Å². The minimum Gasteiger partial charge on any atom is -0.314 e. The van der Waals surface area contributed by atoms with Crippen LogP contribution < -0.4 is 5.32 Å². The summed E-state index contributed by atoms with van der Waals surface area (Å²) in [5.74, 6) is 0.807. The van der Waals surface area contributed by atoms with Gasteiger partial charge in [-0.2, -0.15) is 0 Å². The number of hydrogen-bond acceptors (Lipinski definition) is 3. The van der Waals surface area contributed by atoms with E-state index in [1.807, 2.05) is 0 Å². The van der Waals surface area contributed by atoms with Crippen LogP contribution in [-0.4, -0.2) is 54.3 Å². The van der Waals surface area contributed by atoms with Crippen molar-refractivity contribution in [2.75, 3.05) is 39.2 Å². The zero-order valence-electron chi connectivity index (χ0n) is 9.88. The van der Waals surface area contributed by atoms with Gasteiger partial charge >= 0.3 is 0 Å². The molecule has 0 aliphatic heterocycles. The second kappa shape index (κ2) is 8.38. The lowest BCUT2D eigenvalue weighted by Gasteiger charge is -2.14. The number of hydrogen-bond donors (Lipinski definition) is 1. The zero-order chi connectivity index (χ0) is 11.0. The van der Waals surface area contributed by atoms with Crippen molar-refractivity contribution < 1.29 is 4.21 Å². The Bertz CT molecular complexity index is 162. The SMILES string of the molecule is CC(CCS(C)=O)NCCCN(C)C. The fourth-order valence-electron chi connectivity index (χ4n) is 1.19. The molecule has 2 unspecified atom stereocenters. The molecule has 0 saturated carbocycles. The molecule has 0 aromatic rings. The summed E-state index contributed by atoms with van der Waals surface area (Å²) in [4.78, 5) is 2.19. The van der Waals surface area contributed by atoms with E-state index < -0.39 is 10.8 Å². The van der Waals surface area contributed by atoms with Gasteiger partial charge in [0.25, 0.3) is 0 Å². The second-order valence-electron chi connectivity index (χ2n) is 4.08. The van der Waals surface area contributed by atoms with Crippen molar-refractivity contribution in [3.63, 3.8) is 0 Å². The van der Waals surface area contributed by atoms with Gasteiger partial charge in [0.2, 0.25) is 0 Å². The normalized spacial score (nSPS) is 15.8. The fourth-order valence-corrected chi connectivity index (χ4v) is 1.87. The van der Waals surface area contributed by atoms with Crippen LogP contribution in [0.25, 0.3) is 0 Å². The van der Waals surface area contributed by atoms with Gasteiger partial charge < -0.3 is 10.2 Å². The molecule has 0 aromatic heterocycles. The Morgan fingerprint density at radius 1 is 1.43 bits per heavy atom. The molecule has 0 amide bonds. The van der Waals surface area contributed by atoms with E-state index in [2.05, 4.69) is 31.2 Å². The maximum absolute atomic E-state index is 10.8. The number of rotatable bonds is 8. The van der Waals surface area contributed by atoms with E-state index in [1.165, 1.54) is 6.42 Å². The lowest BCUT2D eigenvalue weighted by Crippen LogP contribution is -2.30. The van der Waals surface area contributed by atoms with Gasteiger partial charge in [0.05, 0.1) is 0 Å². The maximum Gasteiger partial charge on any atom is 0.0246 e. The van der Waals surface area contributed by atoms with Crippen LogP contribution in [-0.2, 0) is 10.8 Å². The third-order valence-corrected chi connectivity index (χ3v) is 2.92. The molecule has 4 heteroatoms. The van der Waals surface area contributed by atoms with Gasteiger partial charge in [0, 0.05) is 28.9 Å². The Hall–Kier alpha value is 0.0700. The predicted octanol–water partition coefficient (Wildman–Crippen LogP) is 0.685. The lowest BCUT2D eigenvalue weighted by atomic mass is 10.2. The summed E-state index contributed by atoms with van der Waals surface area (Å²) in [5, 5.41) is 3.43. The summed E-state index contributed by atoms with van der Waals surface area (Å²) < 4.78 is 10.8. The van der Waals surface area contributed by atoms with Crippen molar-refractivity contribution in [3.8, 4) is 0 Å². The molecule has 3 nitrogen and oxygen atoms in total. The van der Waals surface area contributed by atoms with Crippen LogP contribution >= 0.6 is 0 Å². The van der Waals surface area contributed by atoms with Crippen molar-refractivity contribution in [1.82, 2.24) is 10.2 Å². The van der Waals surface area contributed by atoms with E-state index in [4.69, 9.17) is 0 Å². The fraction of sp³-hybridized carbons (Fsp3) is 1.00. The third-order valence-electron chi connectivity index (χ3n) is 2.11. The Balaban J connectivity index is 3.26. The van der Waals surface area contributed by atoms with Crippen LogP contribution in [0, 0.1) is 0 Å². The van der Waals surface area contributed by atoms with Crippen LogP contribution in [0.2, 0.25) is 0 Å². The number of nitrogens with zero attached hydrogens (tertiary/aromatic N) is 1. The van der Waals surface area contributed by atoms with Gasteiger partial charge in [-0.25, -0.2) is 0 Å². The summed E-state index contributed by atoms with van der Waals surface area (Å²) in [7, 11) is 3.52. The molecule has 0 aliphatic carbocycles. The molecule has 0 spiro atoms. The number of nitrogens with one attached hydrogen (secondary N) is 1. The van der Waals surface area contributed by atoms with Gasteiger partial charge in [-0.3, -0.25) is 4.21 Å². The molecule has 0 fully saturated rings. The quantitative estimate of drug-likeness (QED) is 0.611. The van der Waals surface area contributed by atoms with Crippen molar-refractivity contribution in [1.29, 1.82) is 0 Å². The summed E-state index contributed by atoms with van der Waals surface area (Å²) in [6, 6.07) is 0.487. The van der Waals surface area contributed by atoms with Crippen LogP contribution in [0.5, 0.6) is 0 Å². The largest absolute Gasteiger partial charge is 0.314 e. The van der Waals surface area contributed by atoms with Crippen LogP contribution in [0.15, 0.2) is 0 Å². The minimum absolute atomic E-state index is 0.487. The van der Waals surface area contributed by atoms with E-state index in [9.17, 15) is 4.21 Å². The first-order valence-corrected chi connectivity index (χ1v) is 6.93. The summed E-state index contributed by atoms with van der Waals surface area (Å²) in [5.41, 5.74) is 0. The molecule has 14 heavy (non-hydrogen) atoms. The van der Waals surface area contributed by atoms with E-state index in [1.54, 1.807) is 6.26 Å². The van der Waals surface area contributed by atoms with Gasteiger partial charge in [0.1, 0.15) is 0 Å². The summed E-state index contributed by atoms with van der Waals surface area (Å²) in [6.45, 7) is 4.33. The monoisotopic (exact) mass is 220 g/mol. The van der Waals surface area contributed by atoms with E-state index in [-0.39, 0.29) is 0 Å². The second-order valence-corrected chi connectivity index (χ2v) is 5.63. The predicted molar refractivity (Wildman–Crippen MR) is 64.2 cm³/mol. The molecule has 0 aromatic carbocycles. The molecule has 86 valence electrons. The van der Waals surface area contributed by atoms with Crippen LogP contribution in [0.1, 0.15) is 19.8 Å². The Morgan fingerprint density at radius 2 is 2.07 bits per heavy atom. The maximum atomic E-state index is 10.8. The highest BCUT2D eigenvalue weighted by molar-refractivity contribution is 7.84. The van der Waals surface area contributed by atoms with Crippen LogP contribution in [0.3, 0.4) is 0 Å². The first-order valence-electron chi connectivity index (χ1n) is 5.20. The molecule has 0 bridgehead atoms. The van der Waals surface area contributed by atoms with Gasteiger partial charge in [-0.15, -0.1) is 0 Å². The highest BCUT2D eigenvalue weighted by atomic mass is 32.2. The van der Waals surface area contributed by atoms with Gasteiger partial charge in [0.15, 0.2) is 0 Å². The average Bonchev–Trinajstić information content (AvgIpc) is 2.08. The topological polar surface area (TPSA) is 32.3 Å². The van der Waals surface area contributed by atoms with E-state index in [0.29, 0.717) is 6.04 Å². The van der Waals surface area contributed by atoms with Crippen LogP contribution in [0.4, 0.5) is 0 Å². The lowest BCUT2D eigenvalue weighted by molar-refractivity contribution is 0.387. The Labute approximate surface area is 90.7 Å². The smallest absolute Gasteiger partial charge is 0.0246 e. The molecule has 0 rings (SSSR count). The van der Waals surface area contributed by atoms with E-state index >= 15 is 0 Å². The molecule has 2 atom stereocenters. The molecule has 0 heterocycles. The molecule has 0 aliphatic rings. The first kappa shape index (κ1) is 14.1. The van der Waals surface area contributed by atoms with Crippen molar-refractivity contribution in [3.05, 3.63) is 0 Å². The molecular weight excluding hydrogens is 196 g/mol. The average molecular weight is 220 g/mol. The first-order chi connectivity index (χ1) is 6.52. The molecule has 0 radical (unpaired) electrons. The highest BCUT2D eigenvalue weighted by Crippen LogP contribution is 1.93. The Kier molecular flexibility index (Phi) is 8.43. The van der Waals surface area contributed by atoms with Crippen molar-refractivity contribution in [2.24, 2.45) is 0 Å². The molecule has 0 saturated heterocycles. The van der Waals surface area contributed by atoms with Gasteiger partial charge in [-0.05, 0) is 47.0 Å². The zero-order valence-corrected chi connectivity index (χ0v) is 10.7. The van der Waals surface area contributed by atoms with Crippen molar-refractivity contribution in [2.45, 2.75) is 25.8 Å². The highest BCUT2D eigenvalue weighted by Gasteiger charge is 2.01. The standard InChI is InChI=1S/C10H24N2OS/c1-10(6-9-14(4)13)11-7-5-8-12(2)3/h10-11H,5-9H2,1-4H3. The third kappa shape index (κ3) is 10.2. The molecular formula is C10H24N2OS. The van der Waals surface area contributed by atoms with Gasteiger partial charge in [-0.1, -0.05) is 0 Å². The summed E-state index contributed by atoms with van der Waals surface area (Å²) in [6.07, 6.45) is 3.94. The Morgan fingerprint density at radius 3 is 2.57 bits per heavy atom. The molecule has 1 N–H and O–H groups in total. The minimum atomic E-state index is -0.649.